The van der Waals surface area contributed by atoms with E-state index in [9.17, 15) is 0 Å². The highest BCUT2D eigenvalue weighted by Gasteiger charge is 2.23. The van der Waals surface area contributed by atoms with E-state index < -0.39 is 0 Å². The molecule has 18 heavy (non-hydrogen) atoms. The van der Waals surface area contributed by atoms with Crippen molar-refractivity contribution in [3.63, 3.8) is 0 Å². The van der Waals surface area contributed by atoms with E-state index in [0.717, 1.165) is 0 Å². The van der Waals surface area contributed by atoms with E-state index in [-0.39, 0.29) is 0 Å². The highest BCUT2D eigenvalue weighted by Crippen LogP contribution is 2.39. The number of benzene rings is 1. The van der Waals surface area contributed by atoms with Gasteiger partial charge < -0.3 is 0 Å². The first kappa shape index (κ1) is 11.5. The first-order chi connectivity index (χ1) is 8.81. The Kier molecular flexibility index (Phi) is 2.91. The standard InChI is InChI=1S/C17H19N/c1-3-12(2)17-15-6-4-13(15)5-7-16(17)14-8-10-18-11-9-14/h5,7-12H,3-4,6H2,1-2H3. The second kappa shape index (κ2) is 4.56. The fourth-order valence-electron chi connectivity index (χ4n) is 2.87. The van der Waals surface area contributed by atoms with Crippen molar-refractivity contribution in [3.8, 4) is 11.1 Å². The van der Waals surface area contributed by atoms with Crippen molar-refractivity contribution < 1.29 is 0 Å². The van der Waals surface area contributed by atoms with E-state index in [1.54, 1.807) is 16.7 Å². The molecule has 1 nitrogen and oxygen atoms in total. The molecule has 0 saturated carbocycles. The molecule has 1 aromatic heterocycles. The van der Waals surface area contributed by atoms with E-state index >= 15 is 0 Å². The Hall–Kier alpha value is -1.63. The molecule has 0 spiro atoms. The van der Waals surface area contributed by atoms with Gasteiger partial charge in [0.1, 0.15) is 0 Å². The van der Waals surface area contributed by atoms with Crippen LogP contribution in [0.25, 0.3) is 11.1 Å². The summed E-state index contributed by atoms with van der Waals surface area (Å²) < 4.78 is 0. The van der Waals surface area contributed by atoms with Gasteiger partial charge in [0.15, 0.2) is 0 Å². The molecule has 0 N–H and O–H groups in total. The van der Waals surface area contributed by atoms with Crippen LogP contribution in [-0.4, -0.2) is 4.98 Å². The zero-order chi connectivity index (χ0) is 12.5. The average Bonchev–Trinajstić information content (AvgIpc) is 2.39. The summed E-state index contributed by atoms with van der Waals surface area (Å²) in [6, 6.07) is 8.84. The largest absolute Gasteiger partial charge is 0.265 e. The summed E-state index contributed by atoms with van der Waals surface area (Å²) in [5.41, 5.74) is 7.45. The molecular formula is C17H19N. The molecule has 1 aliphatic carbocycles. The van der Waals surface area contributed by atoms with Crippen molar-refractivity contribution in [2.75, 3.05) is 0 Å². The third-order valence-corrected chi connectivity index (χ3v) is 4.19. The Bertz CT molecular complexity index is 557. The van der Waals surface area contributed by atoms with Gasteiger partial charge in [-0.15, -0.1) is 0 Å². The first-order valence-electron chi connectivity index (χ1n) is 6.86. The molecule has 1 aromatic carbocycles. The maximum Gasteiger partial charge on any atom is 0.0273 e. The Morgan fingerprint density at radius 1 is 1.11 bits per heavy atom. The van der Waals surface area contributed by atoms with Crippen molar-refractivity contribution in [3.05, 3.63) is 53.3 Å². The van der Waals surface area contributed by atoms with Crippen molar-refractivity contribution in [1.29, 1.82) is 0 Å². The highest BCUT2D eigenvalue weighted by molar-refractivity contribution is 5.71. The van der Waals surface area contributed by atoms with E-state index in [2.05, 4.69) is 43.1 Å². The molecule has 1 unspecified atom stereocenters. The van der Waals surface area contributed by atoms with Gasteiger partial charge in [-0.05, 0) is 65.1 Å². The van der Waals surface area contributed by atoms with Crippen molar-refractivity contribution in [1.82, 2.24) is 4.98 Å². The van der Waals surface area contributed by atoms with Crippen LogP contribution in [-0.2, 0) is 12.8 Å². The number of nitrogens with zero attached hydrogens (tertiary/aromatic N) is 1. The molecule has 0 radical (unpaired) electrons. The third kappa shape index (κ3) is 1.74. The van der Waals surface area contributed by atoms with Gasteiger partial charge in [0, 0.05) is 12.4 Å². The van der Waals surface area contributed by atoms with E-state index in [1.165, 1.54) is 30.4 Å². The second-order valence-electron chi connectivity index (χ2n) is 5.21. The molecule has 1 heterocycles. The molecule has 1 heteroatoms. The summed E-state index contributed by atoms with van der Waals surface area (Å²) in [5.74, 6) is 0.642. The number of rotatable bonds is 3. The third-order valence-electron chi connectivity index (χ3n) is 4.19. The predicted octanol–water partition coefficient (Wildman–Crippen LogP) is 4.36. The van der Waals surface area contributed by atoms with Gasteiger partial charge in [0.2, 0.25) is 0 Å². The zero-order valence-electron chi connectivity index (χ0n) is 11.1. The van der Waals surface area contributed by atoms with E-state index in [1.807, 2.05) is 12.4 Å². The Labute approximate surface area is 109 Å². The molecule has 0 fully saturated rings. The fourth-order valence-corrected chi connectivity index (χ4v) is 2.87. The molecule has 92 valence electrons. The van der Waals surface area contributed by atoms with Crippen LogP contribution in [0, 0.1) is 0 Å². The summed E-state index contributed by atoms with van der Waals surface area (Å²) in [6.07, 6.45) is 7.49. The summed E-state index contributed by atoms with van der Waals surface area (Å²) in [4.78, 5) is 4.12. The van der Waals surface area contributed by atoms with Crippen LogP contribution in [0.15, 0.2) is 36.7 Å². The van der Waals surface area contributed by atoms with Gasteiger partial charge >= 0.3 is 0 Å². The number of fused-ring (bicyclic) bond motifs is 1. The van der Waals surface area contributed by atoms with E-state index in [4.69, 9.17) is 0 Å². The minimum atomic E-state index is 0.642. The molecule has 0 aliphatic heterocycles. The predicted molar refractivity (Wildman–Crippen MR) is 75.8 cm³/mol. The Morgan fingerprint density at radius 3 is 2.50 bits per heavy atom. The van der Waals surface area contributed by atoms with E-state index in [0.29, 0.717) is 5.92 Å². The lowest BCUT2D eigenvalue weighted by molar-refractivity contribution is 0.699. The van der Waals surface area contributed by atoms with Crippen LogP contribution in [0.4, 0.5) is 0 Å². The normalized spacial score (nSPS) is 14.8. The summed E-state index contributed by atoms with van der Waals surface area (Å²) in [6.45, 7) is 4.62. The molecular weight excluding hydrogens is 218 g/mol. The van der Waals surface area contributed by atoms with Crippen molar-refractivity contribution >= 4 is 0 Å². The molecule has 0 amide bonds. The molecule has 2 aromatic rings. The van der Waals surface area contributed by atoms with Gasteiger partial charge in [-0.25, -0.2) is 0 Å². The van der Waals surface area contributed by atoms with Crippen LogP contribution in [0.3, 0.4) is 0 Å². The van der Waals surface area contributed by atoms with Crippen LogP contribution in [0.2, 0.25) is 0 Å². The second-order valence-corrected chi connectivity index (χ2v) is 5.21. The quantitative estimate of drug-likeness (QED) is 0.773. The summed E-state index contributed by atoms with van der Waals surface area (Å²) in [5, 5.41) is 0. The number of aromatic nitrogens is 1. The number of aryl methyl sites for hydroxylation is 1. The van der Waals surface area contributed by atoms with Gasteiger partial charge in [-0.2, -0.15) is 0 Å². The maximum atomic E-state index is 4.12. The SMILES string of the molecule is CCC(C)c1c(-c2ccncc2)ccc2c1CC2. The lowest BCUT2D eigenvalue weighted by atomic mass is 9.76. The molecule has 0 bridgehead atoms. The average molecular weight is 237 g/mol. The molecule has 1 atom stereocenters. The summed E-state index contributed by atoms with van der Waals surface area (Å²) >= 11 is 0. The molecule has 1 aliphatic rings. The Morgan fingerprint density at radius 2 is 1.89 bits per heavy atom. The number of hydrogen-bond donors (Lipinski definition) is 0. The van der Waals surface area contributed by atoms with Gasteiger partial charge in [-0.3, -0.25) is 4.98 Å². The minimum absolute atomic E-state index is 0.642. The topological polar surface area (TPSA) is 12.9 Å². The smallest absolute Gasteiger partial charge is 0.0273 e. The lowest BCUT2D eigenvalue weighted by Crippen LogP contribution is -2.14. The Balaban J connectivity index is 2.18. The number of pyridine rings is 1. The van der Waals surface area contributed by atoms with Crippen LogP contribution < -0.4 is 0 Å². The van der Waals surface area contributed by atoms with Gasteiger partial charge in [0.05, 0.1) is 0 Å². The van der Waals surface area contributed by atoms with Gasteiger partial charge in [0.25, 0.3) is 0 Å². The maximum absolute atomic E-state index is 4.12. The van der Waals surface area contributed by atoms with Crippen LogP contribution in [0.1, 0.15) is 42.9 Å². The van der Waals surface area contributed by atoms with Crippen molar-refractivity contribution in [2.45, 2.75) is 39.0 Å². The zero-order valence-corrected chi connectivity index (χ0v) is 11.1. The molecule has 3 rings (SSSR count). The minimum Gasteiger partial charge on any atom is -0.265 e. The lowest BCUT2D eigenvalue weighted by Gasteiger charge is -2.28. The monoisotopic (exact) mass is 237 g/mol. The molecule has 0 saturated heterocycles. The first-order valence-corrected chi connectivity index (χ1v) is 6.86. The summed E-state index contributed by atoms with van der Waals surface area (Å²) in [7, 11) is 0. The fraction of sp³-hybridized carbons (Fsp3) is 0.353. The highest BCUT2D eigenvalue weighted by atomic mass is 14.6. The van der Waals surface area contributed by atoms with Crippen LogP contribution in [0.5, 0.6) is 0 Å². The number of hydrogen-bond acceptors (Lipinski definition) is 1. The van der Waals surface area contributed by atoms with Crippen molar-refractivity contribution in [2.24, 2.45) is 0 Å². The van der Waals surface area contributed by atoms with Gasteiger partial charge in [-0.1, -0.05) is 26.0 Å². The van der Waals surface area contributed by atoms with Crippen LogP contribution >= 0.6 is 0 Å².